The van der Waals surface area contributed by atoms with Gasteiger partial charge in [0.25, 0.3) is 0 Å². The van der Waals surface area contributed by atoms with Gasteiger partial charge in [-0.15, -0.1) is 0 Å². The van der Waals surface area contributed by atoms with E-state index in [0.29, 0.717) is 6.54 Å². The molecule has 0 aliphatic heterocycles. The van der Waals surface area contributed by atoms with Crippen LogP contribution in [0.2, 0.25) is 0 Å². The number of aromatic nitrogens is 2. The zero-order valence-corrected chi connectivity index (χ0v) is 8.75. The lowest BCUT2D eigenvalue weighted by atomic mass is 10.1. The summed E-state index contributed by atoms with van der Waals surface area (Å²) in [4.78, 5) is 4.34. The predicted molar refractivity (Wildman–Crippen MR) is 54.3 cm³/mol. The summed E-state index contributed by atoms with van der Waals surface area (Å²) >= 11 is 0. The minimum Gasteiger partial charge on any atom is -0.336 e. The average molecular weight is 181 g/mol. The summed E-state index contributed by atoms with van der Waals surface area (Å²) in [6.45, 7) is 5.04. The fraction of sp³-hybridized carbons (Fsp3) is 0.700. The molecule has 0 bridgehead atoms. The lowest BCUT2D eigenvalue weighted by molar-refractivity contribution is 0.579. The Bertz CT molecular complexity index is 263. The second-order valence-corrected chi connectivity index (χ2v) is 3.89. The summed E-state index contributed by atoms with van der Waals surface area (Å²) in [6.07, 6.45) is 4.08. The van der Waals surface area contributed by atoms with Crippen LogP contribution in [-0.4, -0.2) is 9.55 Å². The van der Waals surface area contributed by atoms with Gasteiger partial charge in [-0.3, -0.25) is 0 Å². The normalized spacial score (nSPS) is 11.2. The van der Waals surface area contributed by atoms with E-state index in [1.807, 2.05) is 17.9 Å². The molecule has 1 heterocycles. The SMILES string of the molecule is CC(C)CCc1ncn(C)c1CN. The first-order chi connectivity index (χ1) is 6.15. The van der Waals surface area contributed by atoms with Gasteiger partial charge in [-0.1, -0.05) is 13.8 Å². The van der Waals surface area contributed by atoms with Gasteiger partial charge in [0.1, 0.15) is 0 Å². The molecular formula is C10H19N3. The van der Waals surface area contributed by atoms with E-state index in [9.17, 15) is 0 Å². The quantitative estimate of drug-likeness (QED) is 0.764. The Kier molecular flexibility index (Phi) is 3.48. The Morgan fingerprint density at radius 3 is 2.77 bits per heavy atom. The molecule has 0 atom stereocenters. The Hall–Kier alpha value is -0.830. The molecular weight excluding hydrogens is 162 g/mol. The molecule has 0 amide bonds. The lowest BCUT2D eigenvalue weighted by Gasteiger charge is -2.05. The van der Waals surface area contributed by atoms with Crippen LogP contribution in [0.15, 0.2) is 6.33 Å². The van der Waals surface area contributed by atoms with Crippen molar-refractivity contribution in [1.82, 2.24) is 9.55 Å². The summed E-state index contributed by atoms with van der Waals surface area (Å²) in [5, 5.41) is 0. The molecule has 1 aromatic rings. The van der Waals surface area contributed by atoms with Crippen LogP contribution in [0.3, 0.4) is 0 Å². The van der Waals surface area contributed by atoms with Crippen LogP contribution < -0.4 is 5.73 Å². The van der Waals surface area contributed by atoms with Crippen LogP contribution in [-0.2, 0) is 20.0 Å². The first-order valence-corrected chi connectivity index (χ1v) is 4.84. The smallest absolute Gasteiger partial charge is 0.0949 e. The Labute approximate surface area is 80.0 Å². The fourth-order valence-electron chi connectivity index (χ4n) is 1.40. The first-order valence-electron chi connectivity index (χ1n) is 4.84. The van der Waals surface area contributed by atoms with Crippen molar-refractivity contribution in [2.24, 2.45) is 18.7 Å². The number of hydrogen-bond donors (Lipinski definition) is 1. The van der Waals surface area contributed by atoms with Crippen molar-refractivity contribution in [3.8, 4) is 0 Å². The molecule has 0 aliphatic rings. The molecule has 3 heteroatoms. The van der Waals surface area contributed by atoms with E-state index in [0.717, 1.165) is 12.3 Å². The topological polar surface area (TPSA) is 43.8 Å². The van der Waals surface area contributed by atoms with Crippen molar-refractivity contribution in [1.29, 1.82) is 0 Å². The van der Waals surface area contributed by atoms with Crippen molar-refractivity contribution in [3.63, 3.8) is 0 Å². The minimum atomic E-state index is 0.587. The maximum Gasteiger partial charge on any atom is 0.0949 e. The van der Waals surface area contributed by atoms with Gasteiger partial charge in [0.2, 0.25) is 0 Å². The summed E-state index contributed by atoms with van der Waals surface area (Å²) in [5.74, 6) is 0.729. The third kappa shape index (κ3) is 2.56. The van der Waals surface area contributed by atoms with E-state index >= 15 is 0 Å². The van der Waals surface area contributed by atoms with Crippen molar-refractivity contribution in [2.75, 3.05) is 0 Å². The number of nitrogens with two attached hydrogens (primary N) is 1. The molecule has 0 radical (unpaired) electrons. The molecule has 0 aliphatic carbocycles. The van der Waals surface area contributed by atoms with Crippen LogP contribution >= 0.6 is 0 Å². The standard InChI is InChI=1S/C10H19N3/c1-8(2)4-5-9-10(6-11)13(3)7-12-9/h7-8H,4-6,11H2,1-3H3. The molecule has 0 saturated carbocycles. The largest absolute Gasteiger partial charge is 0.336 e. The number of aryl methyl sites for hydroxylation is 2. The number of nitrogens with zero attached hydrogens (tertiary/aromatic N) is 2. The van der Waals surface area contributed by atoms with Crippen LogP contribution in [0.4, 0.5) is 0 Å². The van der Waals surface area contributed by atoms with Gasteiger partial charge in [-0.05, 0) is 18.8 Å². The second-order valence-electron chi connectivity index (χ2n) is 3.89. The third-order valence-corrected chi connectivity index (χ3v) is 2.30. The Balaban J connectivity index is 2.65. The highest BCUT2D eigenvalue weighted by molar-refractivity contribution is 5.12. The van der Waals surface area contributed by atoms with E-state index in [1.54, 1.807) is 0 Å². The summed E-state index contributed by atoms with van der Waals surface area (Å²) < 4.78 is 2.01. The summed E-state index contributed by atoms with van der Waals surface area (Å²) in [5.41, 5.74) is 7.97. The number of hydrogen-bond acceptors (Lipinski definition) is 2. The van der Waals surface area contributed by atoms with Crippen molar-refractivity contribution in [3.05, 3.63) is 17.7 Å². The van der Waals surface area contributed by atoms with E-state index < -0.39 is 0 Å². The summed E-state index contributed by atoms with van der Waals surface area (Å²) in [7, 11) is 1.99. The van der Waals surface area contributed by atoms with Gasteiger partial charge in [0.15, 0.2) is 0 Å². The van der Waals surface area contributed by atoms with Crippen molar-refractivity contribution < 1.29 is 0 Å². The molecule has 1 aromatic heterocycles. The highest BCUT2D eigenvalue weighted by Gasteiger charge is 2.07. The van der Waals surface area contributed by atoms with Crippen LogP contribution in [0, 0.1) is 5.92 Å². The molecule has 13 heavy (non-hydrogen) atoms. The van der Waals surface area contributed by atoms with Crippen LogP contribution in [0.25, 0.3) is 0 Å². The van der Waals surface area contributed by atoms with Crippen molar-refractivity contribution >= 4 is 0 Å². The lowest BCUT2D eigenvalue weighted by Crippen LogP contribution is -2.06. The molecule has 1 rings (SSSR count). The molecule has 0 aromatic carbocycles. The zero-order chi connectivity index (χ0) is 9.84. The van der Waals surface area contributed by atoms with E-state index in [2.05, 4.69) is 18.8 Å². The Morgan fingerprint density at radius 2 is 2.23 bits per heavy atom. The van der Waals surface area contributed by atoms with E-state index in [-0.39, 0.29) is 0 Å². The molecule has 2 N–H and O–H groups in total. The first kappa shape index (κ1) is 10.3. The molecule has 0 fully saturated rings. The fourth-order valence-corrected chi connectivity index (χ4v) is 1.40. The maximum atomic E-state index is 5.64. The highest BCUT2D eigenvalue weighted by atomic mass is 15.0. The monoisotopic (exact) mass is 181 g/mol. The molecule has 0 saturated heterocycles. The highest BCUT2D eigenvalue weighted by Crippen LogP contribution is 2.11. The molecule has 3 nitrogen and oxygen atoms in total. The molecule has 74 valence electrons. The maximum absolute atomic E-state index is 5.64. The van der Waals surface area contributed by atoms with E-state index in [1.165, 1.54) is 17.8 Å². The van der Waals surface area contributed by atoms with Gasteiger partial charge < -0.3 is 10.3 Å². The molecule has 0 unspecified atom stereocenters. The van der Waals surface area contributed by atoms with Crippen LogP contribution in [0.5, 0.6) is 0 Å². The molecule has 0 spiro atoms. The van der Waals surface area contributed by atoms with Crippen LogP contribution in [0.1, 0.15) is 31.7 Å². The average Bonchev–Trinajstić information content (AvgIpc) is 2.42. The van der Waals surface area contributed by atoms with Crippen molar-refractivity contribution in [2.45, 2.75) is 33.2 Å². The van der Waals surface area contributed by atoms with Gasteiger partial charge in [0.05, 0.1) is 17.7 Å². The van der Waals surface area contributed by atoms with Gasteiger partial charge in [-0.25, -0.2) is 4.98 Å². The number of rotatable bonds is 4. The van der Waals surface area contributed by atoms with Gasteiger partial charge >= 0.3 is 0 Å². The zero-order valence-electron chi connectivity index (χ0n) is 8.75. The third-order valence-electron chi connectivity index (χ3n) is 2.30. The Morgan fingerprint density at radius 1 is 1.54 bits per heavy atom. The van der Waals surface area contributed by atoms with E-state index in [4.69, 9.17) is 5.73 Å². The summed E-state index contributed by atoms with van der Waals surface area (Å²) in [6, 6.07) is 0. The minimum absolute atomic E-state index is 0.587. The predicted octanol–water partition coefficient (Wildman–Crippen LogP) is 1.47. The van der Waals surface area contributed by atoms with Gasteiger partial charge in [-0.2, -0.15) is 0 Å². The number of imidazole rings is 1. The van der Waals surface area contributed by atoms with Gasteiger partial charge in [0, 0.05) is 13.6 Å². The second kappa shape index (κ2) is 4.42.